The van der Waals surface area contributed by atoms with Gasteiger partial charge in [0.2, 0.25) is 0 Å². The Balaban J connectivity index is 1.13. The summed E-state index contributed by atoms with van der Waals surface area (Å²) in [7, 11) is 0. The van der Waals surface area contributed by atoms with Gasteiger partial charge in [-0.2, -0.15) is 0 Å². The maximum absolute atomic E-state index is 6.42. The van der Waals surface area contributed by atoms with E-state index in [1.807, 2.05) is 12.1 Å². The lowest BCUT2D eigenvalue weighted by Gasteiger charge is -2.13. The molecule has 0 spiro atoms. The number of furan rings is 1. The molecule has 0 N–H and O–H groups in total. The summed E-state index contributed by atoms with van der Waals surface area (Å²) in [6, 6.07) is 66.0. The van der Waals surface area contributed by atoms with E-state index >= 15 is 0 Å². The molecule has 0 radical (unpaired) electrons. The summed E-state index contributed by atoms with van der Waals surface area (Å²) in [6.45, 7) is 0. The first-order chi connectivity index (χ1) is 26.3. The fourth-order valence-corrected chi connectivity index (χ4v) is 9.04. The summed E-state index contributed by atoms with van der Waals surface area (Å²) in [5.74, 6) is 0. The van der Waals surface area contributed by atoms with Gasteiger partial charge in [0.05, 0.1) is 22.1 Å². The summed E-state index contributed by atoms with van der Waals surface area (Å²) in [4.78, 5) is 0. The van der Waals surface area contributed by atoms with Gasteiger partial charge in [-0.15, -0.1) is 0 Å². The van der Waals surface area contributed by atoms with Crippen LogP contribution < -0.4 is 0 Å². The van der Waals surface area contributed by atoms with Crippen LogP contribution >= 0.6 is 0 Å². The third-order valence-corrected chi connectivity index (χ3v) is 11.3. The maximum atomic E-state index is 6.42. The molecule has 0 atom stereocenters. The van der Waals surface area contributed by atoms with E-state index in [4.69, 9.17) is 4.42 Å². The second kappa shape index (κ2) is 10.7. The van der Waals surface area contributed by atoms with E-state index in [1.54, 1.807) is 0 Å². The standard InChI is InChI=1S/C50H30N2O/c1-2-11-33(12-3-1)51-44-19-8-5-15-42(44)48-45(51)30-24-32-23-27-40-38(47(32)48)28-29-39-36-13-4-7-18-43(36)52(49(39)40)34-25-21-31(22-26-34)35-16-10-17-41-37-14-6-9-20-46(37)53-50(35)41/h1-30H. The van der Waals surface area contributed by atoms with Crippen LogP contribution in [0, 0.1) is 0 Å². The van der Waals surface area contributed by atoms with Crippen LogP contribution in [0.25, 0.3) is 110 Å². The summed E-state index contributed by atoms with van der Waals surface area (Å²) in [5.41, 5.74) is 11.2. The van der Waals surface area contributed by atoms with Crippen LogP contribution in [0.5, 0.6) is 0 Å². The number of para-hydroxylation sites is 5. The van der Waals surface area contributed by atoms with Gasteiger partial charge in [0.25, 0.3) is 0 Å². The molecule has 0 aliphatic heterocycles. The Kier molecular flexibility index (Phi) is 5.77. The topological polar surface area (TPSA) is 23.0 Å². The molecule has 3 aromatic heterocycles. The molecule has 246 valence electrons. The molecule has 0 saturated carbocycles. The minimum absolute atomic E-state index is 0.915. The Morgan fingerprint density at radius 3 is 1.81 bits per heavy atom. The van der Waals surface area contributed by atoms with Crippen LogP contribution in [0.1, 0.15) is 0 Å². The molecule has 0 amide bonds. The van der Waals surface area contributed by atoms with Gasteiger partial charge in [0, 0.05) is 54.6 Å². The third-order valence-electron chi connectivity index (χ3n) is 11.3. The monoisotopic (exact) mass is 674 g/mol. The number of fused-ring (bicyclic) bond motifs is 14. The Morgan fingerprint density at radius 1 is 0.340 bits per heavy atom. The lowest BCUT2D eigenvalue weighted by atomic mass is 9.96. The van der Waals surface area contributed by atoms with E-state index in [9.17, 15) is 0 Å². The first-order valence-corrected chi connectivity index (χ1v) is 18.2. The molecule has 9 aromatic carbocycles. The first-order valence-electron chi connectivity index (χ1n) is 18.2. The van der Waals surface area contributed by atoms with Crippen molar-refractivity contribution in [3.05, 3.63) is 182 Å². The maximum Gasteiger partial charge on any atom is 0.143 e. The Bertz CT molecular complexity index is 3430. The fourth-order valence-electron chi connectivity index (χ4n) is 9.04. The third kappa shape index (κ3) is 3.94. The van der Waals surface area contributed by atoms with Crippen molar-refractivity contribution < 1.29 is 4.42 Å². The number of aromatic nitrogens is 2. The predicted octanol–water partition coefficient (Wildman–Crippen LogP) is 13.8. The van der Waals surface area contributed by atoms with Crippen molar-refractivity contribution in [1.82, 2.24) is 9.13 Å². The highest BCUT2D eigenvalue weighted by Gasteiger charge is 2.20. The number of nitrogens with zero attached hydrogens (tertiary/aromatic N) is 2. The lowest BCUT2D eigenvalue weighted by molar-refractivity contribution is 0.670. The van der Waals surface area contributed by atoms with Gasteiger partial charge in [0.15, 0.2) is 0 Å². The van der Waals surface area contributed by atoms with E-state index in [0.717, 1.165) is 38.8 Å². The van der Waals surface area contributed by atoms with Crippen molar-refractivity contribution in [2.24, 2.45) is 0 Å². The summed E-state index contributed by atoms with van der Waals surface area (Å²) >= 11 is 0. The largest absolute Gasteiger partial charge is 0.455 e. The van der Waals surface area contributed by atoms with Crippen LogP contribution in [0.3, 0.4) is 0 Å². The van der Waals surface area contributed by atoms with Gasteiger partial charge in [-0.05, 0) is 70.3 Å². The minimum Gasteiger partial charge on any atom is -0.455 e. The second-order valence-electron chi connectivity index (χ2n) is 14.0. The smallest absolute Gasteiger partial charge is 0.143 e. The Labute approximate surface area is 304 Å². The average molecular weight is 675 g/mol. The summed E-state index contributed by atoms with van der Waals surface area (Å²) in [5, 5.41) is 12.4. The Hall–Kier alpha value is -7.10. The zero-order valence-corrected chi connectivity index (χ0v) is 28.6. The summed E-state index contributed by atoms with van der Waals surface area (Å²) in [6.07, 6.45) is 0. The average Bonchev–Trinajstić information content (AvgIpc) is 3.89. The van der Waals surface area contributed by atoms with Crippen LogP contribution in [-0.4, -0.2) is 9.13 Å². The SMILES string of the molecule is c1ccc(-n2c3ccccc3c3c4c(ccc5c4ccc4c6ccccc6n(-c6ccc(-c7cccc8c7oc7ccccc78)cc6)c54)ccc32)cc1. The van der Waals surface area contributed by atoms with Crippen molar-refractivity contribution in [2.75, 3.05) is 0 Å². The molecule has 0 bridgehead atoms. The normalized spacial score (nSPS) is 12.2. The van der Waals surface area contributed by atoms with Crippen molar-refractivity contribution in [2.45, 2.75) is 0 Å². The van der Waals surface area contributed by atoms with E-state index in [0.29, 0.717) is 0 Å². The number of hydrogen-bond donors (Lipinski definition) is 0. The lowest BCUT2D eigenvalue weighted by Crippen LogP contribution is -1.95. The first kappa shape index (κ1) is 28.6. The zero-order chi connectivity index (χ0) is 34.6. The van der Waals surface area contributed by atoms with Gasteiger partial charge in [-0.3, -0.25) is 0 Å². The highest BCUT2D eigenvalue weighted by molar-refractivity contribution is 6.31. The Morgan fingerprint density at radius 2 is 0.962 bits per heavy atom. The van der Waals surface area contributed by atoms with Crippen LogP contribution in [-0.2, 0) is 0 Å². The van der Waals surface area contributed by atoms with Crippen molar-refractivity contribution in [3.63, 3.8) is 0 Å². The number of rotatable bonds is 3. The van der Waals surface area contributed by atoms with E-state index in [-0.39, 0.29) is 0 Å². The zero-order valence-electron chi connectivity index (χ0n) is 28.6. The summed E-state index contributed by atoms with van der Waals surface area (Å²) < 4.78 is 11.3. The molecule has 3 heterocycles. The molecule has 3 heteroatoms. The molecule has 0 aliphatic rings. The van der Waals surface area contributed by atoms with Gasteiger partial charge >= 0.3 is 0 Å². The van der Waals surface area contributed by atoms with Crippen LogP contribution in [0.4, 0.5) is 0 Å². The number of benzene rings is 9. The molecular formula is C50H30N2O. The predicted molar refractivity (Wildman–Crippen MR) is 223 cm³/mol. The number of hydrogen-bond acceptors (Lipinski definition) is 1. The molecule has 0 aliphatic carbocycles. The highest BCUT2D eigenvalue weighted by Crippen LogP contribution is 2.44. The van der Waals surface area contributed by atoms with E-state index < -0.39 is 0 Å². The van der Waals surface area contributed by atoms with Crippen LogP contribution in [0.2, 0.25) is 0 Å². The van der Waals surface area contributed by atoms with Gasteiger partial charge in [-0.1, -0.05) is 133 Å². The molecule has 0 unspecified atom stereocenters. The molecule has 0 fully saturated rings. The fraction of sp³-hybridized carbons (Fsp3) is 0. The van der Waals surface area contributed by atoms with Crippen molar-refractivity contribution in [3.8, 4) is 22.5 Å². The molecule has 3 nitrogen and oxygen atoms in total. The molecular weight excluding hydrogens is 645 g/mol. The van der Waals surface area contributed by atoms with Gasteiger partial charge < -0.3 is 13.6 Å². The van der Waals surface area contributed by atoms with E-state index in [1.165, 1.54) is 70.8 Å². The van der Waals surface area contributed by atoms with Crippen molar-refractivity contribution >= 4 is 87.1 Å². The molecule has 53 heavy (non-hydrogen) atoms. The van der Waals surface area contributed by atoms with Crippen molar-refractivity contribution in [1.29, 1.82) is 0 Å². The molecule has 12 aromatic rings. The second-order valence-corrected chi connectivity index (χ2v) is 14.0. The molecule has 12 rings (SSSR count). The quantitative estimate of drug-likeness (QED) is 0.171. The van der Waals surface area contributed by atoms with Crippen LogP contribution in [0.15, 0.2) is 186 Å². The minimum atomic E-state index is 0.915. The van der Waals surface area contributed by atoms with Gasteiger partial charge in [-0.25, -0.2) is 0 Å². The van der Waals surface area contributed by atoms with Gasteiger partial charge in [0.1, 0.15) is 11.2 Å². The highest BCUT2D eigenvalue weighted by atomic mass is 16.3. The van der Waals surface area contributed by atoms with E-state index in [2.05, 4.69) is 179 Å². The molecule has 0 saturated heterocycles.